The average molecular weight is 206 g/mol. The minimum Gasteiger partial charge on any atom is -0.241 e. The highest BCUT2D eigenvalue weighted by Gasteiger charge is 2.07. The molecule has 0 saturated heterocycles. The normalized spacial score (nSPS) is 10.5. The largest absolute Gasteiger partial charge is 0.241 e. The van der Waals surface area contributed by atoms with E-state index in [2.05, 4.69) is 11.9 Å². The van der Waals surface area contributed by atoms with Crippen LogP contribution < -0.4 is 0 Å². The lowest BCUT2D eigenvalue weighted by molar-refractivity contribution is 0.628. The van der Waals surface area contributed by atoms with E-state index in [-0.39, 0.29) is 5.82 Å². The van der Waals surface area contributed by atoms with Crippen LogP contribution in [-0.4, -0.2) is 4.98 Å². The van der Waals surface area contributed by atoms with Gasteiger partial charge in [-0.1, -0.05) is 12.1 Å². The maximum atomic E-state index is 12.9. The van der Waals surface area contributed by atoms with Crippen molar-refractivity contribution in [1.82, 2.24) is 4.98 Å². The molecule has 14 heavy (non-hydrogen) atoms. The topological polar surface area (TPSA) is 12.9 Å². The molecular formula is C11H9FNS. The Morgan fingerprint density at radius 1 is 1.43 bits per heavy atom. The molecule has 2 rings (SSSR count). The SMILES string of the molecule is [CH2]c1sc(C)nc1-c1cccc(F)c1. The molecule has 1 aromatic heterocycles. The van der Waals surface area contributed by atoms with Gasteiger partial charge in [0.05, 0.1) is 10.7 Å². The number of nitrogens with zero attached hydrogens (tertiary/aromatic N) is 1. The van der Waals surface area contributed by atoms with E-state index in [0.29, 0.717) is 0 Å². The molecule has 2 aromatic rings. The highest BCUT2D eigenvalue weighted by Crippen LogP contribution is 2.27. The summed E-state index contributed by atoms with van der Waals surface area (Å²) in [7, 11) is 0. The number of hydrogen-bond donors (Lipinski definition) is 0. The van der Waals surface area contributed by atoms with Crippen LogP contribution in [0.3, 0.4) is 0 Å². The molecule has 0 spiro atoms. The molecule has 0 N–H and O–H groups in total. The predicted octanol–water partition coefficient (Wildman–Crippen LogP) is 3.44. The molecule has 1 radical (unpaired) electrons. The fourth-order valence-corrected chi connectivity index (χ4v) is 2.08. The van der Waals surface area contributed by atoms with E-state index in [1.165, 1.54) is 23.5 Å². The summed E-state index contributed by atoms with van der Waals surface area (Å²) >= 11 is 1.53. The van der Waals surface area contributed by atoms with Crippen molar-refractivity contribution in [2.45, 2.75) is 6.92 Å². The Bertz CT molecular complexity index is 462. The standard InChI is InChI=1S/C11H9FNS/c1-7-11(13-8(2)14-7)9-4-3-5-10(12)6-9/h3-6H,1H2,2H3. The van der Waals surface area contributed by atoms with Gasteiger partial charge in [0, 0.05) is 10.4 Å². The first-order chi connectivity index (χ1) is 6.66. The molecule has 0 saturated carbocycles. The summed E-state index contributed by atoms with van der Waals surface area (Å²) < 4.78 is 12.9. The van der Waals surface area contributed by atoms with Gasteiger partial charge >= 0.3 is 0 Å². The second-order valence-corrected chi connectivity index (χ2v) is 4.30. The molecule has 0 fully saturated rings. The molecule has 1 heterocycles. The number of aromatic nitrogens is 1. The highest BCUT2D eigenvalue weighted by atomic mass is 32.1. The van der Waals surface area contributed by atoms with Crippen molar-refractivity contribution in [2.24, 2.45) is 0 Å². The lowest BCUT2D eigenvalue weighted by Crippen LogP contribution is -1.82. The minimum absolute atomic E-state index is 0.243. The zero-order valence-electron chi connectivity index (χ0n) is 7.75. The van der Waals surface area contributed by atoms with E-state index in [1.807, 2.05) is 13.0 Å². The molecule has 0 bridgehead atoms. The van der Waals surface area contributed by atoms with Crippen molar-refractivity contribution >= 4 is 11.3 Å². The van der Waals surface area contributed by atoms with E-state index < -0.39 is 0 Å². The van der Waals surface area contributed by atoms with Crippen LogP contribution in [0.1, 0.15) is 9.88 Å². The van der Waals surface area contributed by atoms with Crippen LogP contribution in [0.5, 0.6) is 0 Å². The van der Waals surface area contributed by atoms with Crippen molar-refractivity contribution in [2.75, 3.05) is 0 Å². The molecule has 71 valence electrons. The molecule has 1 nitrogen and oxygen atoms in total. The average Bonchev–Trinajstić information content (AvgIpc) is 2.45. The summed E-state index contributed by atoms with van der Waals surface area (Å²) in [5, 5.41) is 0.953. The molecule has 0 amide bonds. The van der Waals surface area contributed by atoms with Crippen LogP contribution in [0.2, 0.25) is 0 Å². The first kappa shape index (κ1) is 9.34. The summed E-state index contributed by atoms with van der Waals surface area (Å²) in [4.78, 5) is 5.19. The molecule has 0 aliphatic carbocycles. The van der Waals surface area contributed by atoms with Gasteiger partial charge in [0.25, 0.3) is 0 Å². The van der Waals surface area contributed by atoms with Crippen molar-refractivity contribution in [1.29, 1.82) is 0 Å². The van der Waals surface area contributed by atoms with Crippen molar-refractivity contribution in [3.63, 3.8) is 0 Å². The Labute approximate surface area is 86.2 Å². The predicted molar refractivity (Wildman–Crippen MR) is 56.7 cm³/mol. The number of thiazole rings is 1. The van der Waals surface area contributed by atoms with E-state index in [9.17, 15) is 4.39 Å². The third-order valence-electron chi connectivity index (χ3n) is 1.90. The molecule has 1 aromatic carbocycles. The van der Waals surface area contributed by atoms with Gasteiger partial charge < -0.3 is 0 Å². The van der Waals surface area contributed by atoms with Crippen LogP contribution in [0, 0.1) is 19.7 Å². The summed E-state index contributed by atoms with van der Waals surface area (Å²) in [6, 6.07) is 6.42. The van der Waals surface area contributed by atoms with Crippen LogP contribution in [-0.2, 0) is 0 Å². The molecule has 3 heteroatoms. The second-order valence-electron chi connectivity index (χ2n) is 3.02. The zero-order valence-corrected chi connectivity index (χ0v) is 8.57. The van der Waals surface area contributed by atoms with Crippen molar-refractivity contribution in [3.05, 3.63) is 46.9 Å². The lowest BCUT2D eigenvalue weighted by Gasteiger charge is -1.97. The smallest absolute Gasteiger partial charge is 0.123 e. The first-order valence-electron chi connectivity index (χ1n) is 4.22. The Kier molecular flexibility index (Phi) is 2.33. The molecular weight excluding hydrogens is 197 g/mol. The van der Waals surface area contributed by atoms with E-state index in [0.717, 1.165) is 21.1 Å². The number of rotatable bonds is 1. The van der Waals surface area contributed by atoms with Crippen LogP contribution in [0.15, 0.2) is 24.3 Å². The van der Waals surface area contributed by atoms with Crippen molar-refractivity contribution in [3.8, 4) is 11.3 Å². The summed E-state index contributed by atoms with van der Waals surface area (Å²) in [6.45, 7) is 5.80. The fourth-order valence-electron chi connectivity index (χ4n) is 1.33. The minimum atomic E-state index is -0.243. The maximum absolute atomic E-state index is 12.9. The third kappa shape index (κ3) is 1.68. The lowest BCUT2D eigenvalue weighted by atomic mass is 10.1. The number of halogens is 1. The zero-order chi connectivity index (χ0) is 10.1. The van der Waals surface area contributed by atoms with Gasteiger partial charge in [0.2, 0.25) is 0 Å². The van der Waals surface area contributed by atoms with Crippen LogP contribution in [0.4, 0.5) is 4.39 Å². The molecule has 0 aliphatic rings. The van der Waals surface area contributed by atoms with Gasteiger partial charge in [-0.05, 0) is 26.0 Å². The summed E-state index contributed by atoms with van der Waals surface area (Å²) in [5.41, 5.74) is 1.58. The second kappa shape index (κ2) is 3.50. The van der Waals surface area contributed by atoms with E-state index in [1.54, 1.807) is 6.07 Å². The summed E-state index contributed by atoms with van der Waals surface area (Å²) in [6.07, 6.45) is 0. The van der Waals surface area contributed by atoms with E-state index >= 15 is 0 Å². The Hall–Kier alpha value is -1.22. The van der Waals surface area contributed by atoms with Gasteiger partial charge in [-0.3, -0.25) is 0 Å². The molecule has 0 atom stereocenters. The maximum Gasteiger partial charge on any atom is 0.123 e. The monoisotopic (exact) mass is 206 g/mol. The Morgan fingerprint density at radius 2 is 2.21 bits per heavy atom. The van der Waals surface area contributed by atoms with Gasteiger partial charge in [-0.25, -0.2) is 9.37 Å². The quantitative estimate of drug-likeness (QED) is 0.696. The molecule has 0 unspecified atom stereocenters. The van der Waals surface area contributed by atoms with Gasteiger partial charge in [-0.15, -0.1) is 11.3 Å². The van der Waals surface area contributed by atoms with Gasteiger partial charge in [0.1, 0.15) is 5.82 Å². The van der Waals surface area contributed by atoms with Crippen LogP contribution in [0.25, 0.3) is 11.3 Å². The molecule has 0 aliphatic heterocycles. The highest BCUT2D eigenvalue weighted by molar-refractivity contribution is 7.12. The number of benzene rings is 1. The number of hydrogen-bond acceptors (Lipinski definition) is 2. The van der Waals surface area contributed by atoms with Gasteiger partial charge in [-0.2, -0.15) is 0 Å². The fraction of sp³-hybridized carbons (Fsp3) is 0.0909. The third-order valence-corrected chi connectivity index (χ3v) is 2.73. The van der Waals surface area contributed by atoms with E-state index in [4.69, 9.17) is 0 Å². The first-order valence-corrected chi connectivity index (χ1v) is 5.04. The van der Waals surface area contributed by atoms with Crippen LogP contribution >= 0.6 is 11.3 Å². The number of aryl methyl sites for hydroxylation is 1. The Balaban J connectivity index is 2.54. The van der Waals surface area contributed by atoms with Crippen molar-refractivity contribution < 1.29 is 4.39 Å². The van der Waals surface area contributed by atoms with Gasteiger partial charge in [0.15, 0.2) is 0 Å². The Morgan fingerprint density at radius 3 is 2.79 bits per heavy atom. The summed E-state index contributed by atoms with van der Waals surface area (Å²) in [5.74, 6) is -0.243.